The van der Waals surface area contributed by atoms with Gasteiger partial charge < -0.3 is 4.57 Å². The number of nitrogens with zero attached hydrogens (tertiary/aromatic N) is 1. The van der Waals surface area contributed by atoms with Gasteiger partial charge in [0, 0.05) is 27.6 Å². The SMILES string of the molecule is Fc1ccc(C#Cc2ccc(-n3c4ccccc4c4ccccc43)cc2)cc1. The smallest absolute Gasteiger partial charge is 0.123 e. The first-order chi connectivity index (χ1) is 13.8. The molecule has 0 N–H and O–H groups in total. The minimum absolute atomic E-state index is 0.249. The van der Waals surface area contributed by atoms with Gasteiger partial charge in [-0.1, -0.05) is 48.2 Å². The van der Waals surface area contributed by atoms with Gasteiger partial charge in [0.05, 0.1) is 11.0 Å². The molecule has 0 amide bonds. The standard InChI is InChI=1S/C26H16FN/c27-21-15-11-19(12-16-21)9-10-20-13-17-22(18-14-20)28-25-7-3-1-5-23(25)24-6-2-4-8-26(24)28/h1-8,11-18H. The molecule has 5 rings (SSSR count). The van der Waals surface area contributed by atoms with Crippen LogP contribution in [-0.4, -0.2) is 4.57 Å². The van der Waals surface area contributed by atoms with Crippen molar-refractivity contribution in [2.24, 2.45) is 0 Å². The molecule has 0 aliphatic heterocycles. The van der Waals surface area contributed by atoms with Crippen LogP contribution < -0.4 is 0 Å². The van der Waals surface area contributed by atoms with E-state index in [0.29, 0.717) is 0 Å². The van der Waals surface area contributed by atoms with Crippen molar-refractivity contribution in [1.29, 1.82) is 0 Å². The summed E-state index contributed by atoms with van der Waals surface area (Å²) in [4.78, 5) is 0. The molecule has 5 aromatic rings. The van der Waals surface area contributed by atoms with Crippen LogP contribution in [0.2, 0.25) is 0 Å². The summed E-state index contributed by atoms with van der Waals surface area (Å²) in [5.41, 5.74) is 5.20. The molecule has 28 heavy (non-hydrogen) atoms. The van der Waals surface area contributed by atoms with Gasteiger partial charge in [-0.3, -0.25) is 0 Å². The van der Waals surface area contributed by atoms with Gasteiger partial charge in [0.2, 0.25) is 0 Å². The van der Waals surface area contributed by atoms with Crippen LogP contribution in [0, 0.1) is 17.7 Å². The van der Waals surface area contributed by atoms with E-state index in [4.69, 9.17) is 0 Å². The molecule has 0 saturated carbocycles. The van der Waals surface area contributed by atoms with Crippen molar-refractivity contribution in [1.82, 2.24) is 4.57 Å². The molecule has 0 aliphatic carbocycles. The number of para-hydroxylation sites is 2. The number of fused-ring (bicyclic) bond motifs is 3. The van der Waals surface area contributed by atoms with E-state index in [0.717, 1.165) is 16.8 Å². The van der Waals surface area contributed by atoms with Gasteiger partial charge in [-0.15, -0.1) is 0 Å². The molecule has 0 bridgehead atoms. The average Bonchev–Trinajstić information content (AvgIpc) is 3.08. The summed E-state index contributed by atoms with van der Waals surface area (Å²) < 4.78 is 15.3. The van der Waals surface area contributed by atoms with E-state index < -0.39 is 0 Å². The molecule has 4 aromatic carbocycles. The topological polar surface area (TPSA) is 4.93 Å². The number of halogens is 1. The van der Waals surface area contributed by atoms with Crippen LogP contribution in [0.4, 0.5) is 4.39 Å². The molecule has 1 nitrogen and oxygen atoms in total. The fourth-order valence-electron chi connectivity index (χ4n) is 3.57. The predicted molar refractivity (Wildman–Crippen MR) is 113 cm³/mol. The van der Waals surface area contributed by atoms with Gasteiger partial charge >= 0.3 is 0 Å². The highest BCUT2D eigenvalue weighted by Gasteiger charge is 2.10. The zero-order valence-electron chi connectivity index (χ0n) is 15.1. The van der Waals surface area contributed by atoms with Crippen LogP contribution in [0.25, 0.3) is 27.5 Å². The molecule has 132 valence electrons. The molecular weight excluding hydrogens is 345 g/mol. The van der Waals surface area contributed by atoms with Crippen molar-refractivity contribution in [3.63, 3.8) is 0 Å². The Hall–Kier alpha value is -3.83. The van der Waals surface area contributed by atoms with Gasteiger partial charge in [0.15, 0.2) is 0 Å². The Labute approximate surface area is 162 Å². The number of benzene rings is 4. The Morgan fingerprint density at radius 1 is 0.536 bits per heavy atom. The Morgan fingerprint density at radius 2 is 1.00 bits per heavy atom. The second-order valence-electron chi connectivity index (χ2n) is 6.67. The van der Waals surface area contributed by atoms with Crippen LogP contribution in [-0.2, 0) is 0 Å². The van der Waals surface area contributed by atoms with Crippen LogP contribution >= 0.6 is 0 Å². The third kappa shape index (κ3) is 2.84. The van der Waals surface area contributed by atoms with Crippen molar-refractivity contribution in [3.05, 3.63) is 114 Å². The second-order valence-corrected chi connectivity index (χ2v) is 6.67. The average molecular weight is 361 g/mol. The first-order valence-electron chi connectivity index (χ1n) is 9.16. The summed E-state index contributed by atoms with van der Waals surface area (Å²) in [6, 6.07) is 31.4. The normalized spacial score (nSPS) is 10.8. The van der Waals surface area contributed by atoms with E-state index in [1.165, 1.54) is 33.9 Å². The van der Waals surface area contributed by atoms with E-state index in [1.54, 1.807) is 12.1 Å². The lowest BCUT2D eigenvalue weighted by Gasteiger charge is -2.07. The van der Waals surface area contributed by atoms with E-state index in [-0.39, 0.29) is 5.82 Å². The predicted octanol–water partition coefficient (Wildman–Crippen LogP) is 6.32. The van der Waals surface area contributed by atoms with Gasteiger partial charge in [0.25, 0.3) is 0 Å². The molecule has 0 unspecified atom stereocenters. The molecular formula is C26H16FN. The minimum atomic E-state index is -0.249. The van der Waals surface area contributed by atoms with Gasteiger partial charge in [0.1, 0.15) is 5.82 Å². The summed E-state index contributed by atoms with van der Waals surface area (Å²) >= 11 is 0. The van der Waals surface area contributed by atoms with Crippen LogP contribution in [0.15, 0.2) is 97.1 Å². The van der Waals surface area contributed by atoms with Crippen molar-refractivity contribution in [3.8, 4) is 17.5 Å². The summed E-state index contributed by atoms with van der Waals surface area (Å²) in [6.45, 7) is 0. The number of rotatable bonds is 1. The molecule has 0 fully saturated rings. The van der Waals surface area contributed by atoms with Crippen LogP contribution in [0.1, 0.15) is 11.1 Å². The van der Waals surface area contributed by atoms with Crippen LogP contribution in [0.5, 0.6) is 0 Å². The second kappa shape index (κ2) is 6.72. The summed E-state index contributed by atoms with van der Waals surface area (Å²) in [5.74, 6) is 5.97. The quantitative estimate of drug-likeness (QED) is 0.308. The zero-order chi connectivity index (χ0) is 18.9. The third-order valence-electron chi connectivity index (χ3n) is 4.90. The fourth-order valence-corrected chi connectivity index (χ4v) is 3.57. The van der Waals surface area contributed by atoms with E-state index in [2.05, 4.69) is 77.1 Å². The van der Waals surface area contributed by atoms with Crippen molar-refractivity contribution >= 4 is 21.8 Å². The zero-order valence-corrected chi connectivity index (χ0v) is 15.1. The lowest BCUT2D eigenvalue weighted by Crippen LogP contribution is -1.93. The van der Waals surface area contributed by atoms with E-state index >= 15 is 0 Å². The Bertz CT molecular complexity index is 1290. The van der Waals surface area contributed by atoms with E-state index in [9.17, 15) is 4.39 Å². The van der Waals surface area contributed by atoms with Gasteiger partial charge in [-0.25, -0.2) is 4.39 Å². The number of aromatic nitrogens is 1. The highest BCUT2D eigenvalue weighted by Crippen LogP contribution is 2.31. The largest absolute Gasteiger partial charge is 0.309 e. The minimum Gasteiger partial charge on any atom is -0.309 e. The van der Waals surface area contributed by atoms with Gasteiger partial charge in [-0.05, 0) is 60.7 Å². The monoisotopic (exact) mass is 361 g/mol. The Morgan fingerprint density at radius 3 is 1.54 bits per heavy atom. The highest BCUT2D eigenvalue weighted by atomic mass is 19.1. The molecule has 2 heteroatoms. The molecule has 0 spiro atoms. The van der Waals surface area contributed by atoms with Crippen LogP contribution in [0.3, 0.4) is 0 Å². The van der Waals surface area contributed by atoms with E-state index in [1.807, 2.05) is 12.1 Å². The van der Waals surface area contributed by atoms with Crippen molar-refractivity contribution in [2.45, 2.75) is 0 Å². The third-order valence-corrected chi connectivity index (χ3v) is 4.90. The maximum absolute atomic E-state index is 13.0. The fraction of sp³-hybridized carbons (Fsp3) is 0. The number of hydrogen-bond donors (Lipinski definition) is 0. The molecule has 0 aliphatic rings. The van der Waals surface area contributed by atoms with Crippen molar-refractivity contribution < 1.29 is 4.39 Å². The Balaban J connectivity index is 1.57. The van der Waals surface area contributed by atoms with Crippen molar-refractivity contribution in [2.75, 3.05) is 0 Å². The molecule has 0 radical (unpaired) electrons. The number of hydrogen-bond acceptors (Lipinski definition) is 0. The highest BCUT2D eigenvalue weighted by molar-refractivity contribution is 6.09. The summed E-state index contributed by atoms with van der Waals surface area (Å²) in [5, 5.41) is 2.50. The maximum atomic E-state index is 13.0. The molecule has 1 aromatic heterocycles. The first-order valence-corrected chi connectivity index (χ1v) is 9.16. The summed E-state index contributed by atoms with van der Waals surface area (Å²) in [6.07, 6.45) is 0. The summed E-state index contributed by atoms with van der Waals surface area (Å²) in [7, 11) is 0. The molecule has 0 atom stereocenters. The Kier molecular flexibility index (Phi) is 3.92. The molecule has 1 heterocycles. The lowest BCUT2D eigenvalue weighted by atomic mass is 10.1. The molecule has 0 saturated heterocycles. The first kappa shape index (κ1) is 16.4. The maximum Gasteiger partial charge on any atom is 0.123 e. The lowest BCUT2D eigenvalue weighted by molar-refractivity contribution is 0.627. The van der Waals surface area contributed by atoms with Gasteiger partial charge in [-0.2, -0.15) is 0 Å².